The van der Waals surface area contributed by atoms with Gasteiger partial charge in [-0.05, 0) is 18.2 Å². The number of phenolic OH excluding ortho intramolecular Hbond substituents is 1. The van der Waals surface area contributed by atoms with Crippen molar-refractivity contribution in [3.63, 3.8) is 0 Å². The fourth-order valence-corrected chi connectivity index (χ4v) is 1.49. The molecule has 0 aliphatic heterocycles. The predicted molar refractivity (Wildman–Crippen MR) is 67.7 cm³/mol. The van der Waals surface area contributed by atoms with Gasteiger partial charge in [-0.1, -0.05) is 0 Å². The average Bonchev–Trinajstić information content (AvgIpc) is 2.36. The highest BCUT2D eigenvalue weighted by molar-refractivity contribution is 6.04. The lowest BCUT2D eigenvalue weighted by molar-refractivity contribution is 0.102. The number of aromatic hydroxyl groups is 1. The highest BCUT2D eigenvalue weighted by atomic mass is 19.1. The quantitative estimate of drug-likeness (QED) is 0.805. The minimum atomic E-state index is -0.753. The van der Waals surface area contributed by atoms with Crippen LogP contribution in [0.15, 0.2) is 41.3 Å². The SMILES string of the molecule is Cn1ccc(C(=O)Nc2ccc(O)cc2F)cc1=O. The summed E-state index contributed by atoms with van der Waals surface area (Å²) >= 11 is 0. The molecule has 1 heterocycles. The average molecular weight is 262 g/mol. The van der Waals surface area contributed by atoms with Gasteiger partial charge < -0.3 is 15.0 Å². The van der Waals surface area contributed by atoms with E-state index in [0.717, 1.165) is 12.1 Å². The van der Waals surface area contributed by atoms with Gasteiger partial charge in [-0.15, -0.1) is 0 Å². The van der Waals surface area contributed by atoms with Gasteiger partial charge in [-0.2, -0.15) is 0 Å². The molecule has 0 fully saturated rings. The van der Waals surface area contributed by atoms with Crippen LogP contribution in [-0.4, -0.2) is 15.6 Å². The topological polar surface area (TPSA) is 71.3 Å². The summed E-state index contributed by atoms with van der Waals surface area (Å²) in [6.07, 6.45) is 1.45. The minimum Gasteiger partial charge on any atom is -0.508 e. The Morgan fingerprint density at radius 1 is 1.32 bits per heavy atom. The highest BCUT2D eigenvalue weighted by Crippen LogP contribution is 2.19. The molecule has 1 aromatic heterocycles. The summed E-state index contributed by atoms with van der Waals surface area (Å²) in [6.45, 7) is 0. The third-order valence-corrected chi connectivity index (χ3v) is 2.57. The van der Waals surface area contributed by atoms with E-state index >= 15 is 0 Å². The van der Waals surface area contributed by atoms with Gasteiger partial charge >= 0.3 is 0 Å². The molecular formula is C13H11FN2O3. The number of hydrogen-bond donors (Lipinski definition) is 2. The Hall–Kier alpha value is -2.63. The number of rotatable bonds is 2. The van der Waals surface area contributed by atoms with Gasteiger partial charge in [0, 0.05) is 30.9 Å². The summed E-state index contributed by atoms with van der Waals surface area (Å²) < 4.78 is 14.7. The lowest BCUT2D eigenvalue weighted by Crippen LogP contribution is -2.20. The number of nitrogens with one attached hydrogen (secondary N) is 1. The first kappa shape index (κ1) is 12.8. The van der Waals surface area contributed by atoms with E-state index < -0.39 is 11.7 Å². The molecule has 19 heavy (non-hydrogen) atoms. The second kappa shape index (κ2) is 4.93. The molecule has 2 rings (SSSR count). The van der Waals surface area contributed by atoms with E-state index in [9.17, 15) is 14.0 Å². The molecule has 2 aromatic rings. The van der Waals surface area contributed by atoms with E-state index in [1.807, 2.05) is 0 Å². The normalized spacial score (nSPS) is 10.2. The van der Waals surface area contributed by atoms with Crippen LogP contribution in [0.2, 0.25) is 0 Å². The Balaban J connectivity index is 2.25. The largest absolute Gasteiger partial charge is 0.508 e. The Bertz CT molecular complexity index is 695. The number of aryl methyl sites for hydroxylation is 1. The van der Waals surface area contributed by atoms with Gasteiger partial charge in [0.05, 0.1) is 5.69 Å². The Morgan fingerprint density at radius 3 is 2.68 bits per heavy atom. The van der Waals surface area contributed by atoms with E-state index in [4.69, 9.17) is 5.11 Å². The maximum absolute atomic E-state index is 13.4. The molecule has 2 N–H and O–H groups in total. The molecular weight excluding hydrogens is 251 g/mol. The zero-order chi connectivity index (χ0) is 14.0. The molecule has 0 bridgehead atoms. The molecule has 0 spiro atoms. The summed E-state index contributed by atoms with van der Waals surface area (Å²) in [7, 11) is 1.56. The molecule has 5 nitrogen and oxygen atoms in total. The van der Waals surface area contributed by atoms with Gasteiger partial charge in [-0.3, -0.25) is 9.59 Å². The first-order valence-corrected chi connectivity index (χ1v) is 5.44. The van der Waals surface area contributed by atoms with Crippen molar-refractivity contribution in [2.24, 2.45) is 7.05 Å². The summed E-state index contributed by atoms with van der Waals surface area (Å²) in [5, 5.41) is 11.4. The van der Waals surface area contributed by atoms with Crippen molar-refractivity contribution < 1.29 is 14.3 Å². The molecule has 0 aliphatic carbocycles. The van der Waals surface area contributed by atoms with Crippen molar-refractivity contribution in [2.75, 3.05) is 5.32 Å². The lowest BCUT2D eigenvalue weighted by atomic mass is 10.2. The van der Waals surface area contributed by atoms with Gasteiger partial charge in [0.1, 0.15) is 11.6 Å². The molecule has 1 amide bonds. The van der Waals surface area contributed by atoms with Crippen LogP contribution in [0.5, 0.6) is 5.75 Å². The number of carbonyl (C=O) groups excluding carboxylic acids is 1. The maximum Gasteiger partial charge on any atom is 0.255 e. The second-order valence-corrected chi connectivity index (χ2v) is 3.98. The van der Waals surface area contributed by atoms with Gasteiger partial charge in [-0.25, -0.2) is 4.39 Å². The maximum atomic E-state index is 13.4. The van der Waals surface area contributed by atoms with Crippen molar-refractivity contribution in [1.82, 2.24) is 4.57 Å². The number of phenols is 1. The number of amides is 1. The number of aromatic nitrogens is 1. The number of pyridine rings is 1. The highest BCUT2D eigenvalue weighted by Gasteiger charge is 2.10. The number of halogens is 1. The predicted octanol–water partition coefficient (Wildman–Crippen LogP) is 1.48. The van der Waals surface area contributed by atoms with Crippen molar-refractivity contribution in [1.29, 1.82) is 0 Å². The van der Waals surface area contributed by atoms with E-state index in [1.165, 1.54) is 29.0 Å². The standard InChI is InChI=1S/C13H11FN2O3/c1-16-5-4-8(6-12(16)18)13(19)15-11-3-2-9(17)7-10(11)14/h2-7,17H,1H3,(H,15,19). The number of hydrogen-bond acceptors (Lipinski definition) is 3. The van der Waals surface area contributed by atoms with Crippen LogP contribution in [0.4, 0.5) is 10.1 Å². The van der Waals surface area contributed by atoms with E-state index in [2.05, 4.69) is 5.32 Å². The van der Waals surface area contributed by atoms with Crippen LogP contribution in [0.1, 0.15) is 10.4 Å². The van der Waals surface area contributed by atoms with Gasteiger partial charge in [0.2, 0.25) is 0 Å². The van der Waals surface area contributed by atoms with Crippen LogP contribution in [0.25, 0.3) is 0 Å². The molecule has 0 radical (unpaired) electrons. The first-order valence-electron chi connectivity index (χ1n) is 5.44. The molecule has 0 atom stereocenters. The van der Waals surface area contributed by atoms with Crippen LogP contribution < -0.4 is 10.9 Å². The summed E-state index contributed by atoms with van der Waals surface area (Å²) in [5.41, 5.74) is -0.266. The van der Waals surface area contributed by atoms with Crippen LogP contribution in [0, 0.1) is 5.82 Å². The second-order valence-electron chi connectivity index (χ2n) is 3.98. The van der Waals surface area contributed by atoms with E-state index in [-0.39, 0.29) is 22.6 Å². The Morgan fingerprint density at radius 2 is 2.05 bits per heavy atom. The first-order chi connectivity index (χ1) is 8.97. The number of benzene rings is 1. The van der Waals surface area contributed by atoms with Crippen molar-refractivity contribution >= 4 is 11.6 Å². The van der Waals surface area contributed by atoms with E-state index in [0.29, 0.717) is 0 Å². The van der Waals surface area contributed by atoms with E-state index in [1.54, 1.807) is 7.05 Å². The van der Waals surface area contributed by atoms with Gasteiger partial charge in [0.25, 0.3) is 11.5 Å². The Labute approximate surface area is 107 Å². The van der Waals surface area contributed by atoms with Crippen molar-refractivity contribution in [2.45, 2.75) is 0 Å². The molecule has 0 saturated carbocycles. The third kappa shape index (κ3) is 2.79. The molecule has 0 saturated heterocycles. The molecule has 0 aliphatic rings. The smallest absolute Gasteiger partial charge is 0.255 e. The zero-order valence-corrected chi connectivity index (χ0v) is 10.1. The lowest BCUT2D eigenvalue weighted by Gasteiger charge is -2.07. The molecule has 0 unspecified atom stereocenters. The summed E-state index contributed by atoms with van der Waals surface area (Å²) in [6, 6.07) is 5.99. The molecule has 1 aromatic carbocycles. The van der Waals surface area contributed by atoms with Crippen molar-refractivity contribution in [3.05, 3.63) is 58.3 Å². The number of carbonyl (C=O) groups is 1. The zero-order valence-electron chi connectivity index (χ0n) is 10.1. The van der Waals surface area contributed by atoms with Crippen LogP contribution in [-0.2, 0) is 7.05 Å². The monoisotopic (exact) mass is 262 g/mol. The summed E-state index contributed by atoms with van der Waals surface area (Å²) in [4.78, 5) is 23.2. The fourth-order valence-electron chi connectivity index (χ4n) is 1.49. The third-order valence-electron chi connectivity index (χ3n) is 2.57. The minimum absolute atomic E-state index is 0.0662. The Kier molecular flexibility index (Phi) is 3.33. The summed E-state index contributed by atoms with van der Waals surface area (Å²) in [5.74, 6) is -1.58. The van der Waals surface area contributed by atoms with Crippen LogP contribution >= 0.6 is 0 Å². The van der Waals surface area contributed by atoms with Gasteiger partial charge in [0.15, 0.2) is 0 Å². The van der Waals surface area contributed by atoms with Crippen molar-refractivity contribution in [3.8, 4) is 5.75 Å². The number of anilines is 1. The molecule has 6 heteroatoms. The van der Waals surface area contributed by atoms with Crippen LogP contribution in [0.3, 0.4) is 0 Å². The number of nitrogens with zero attached hydrogens (tertiary/aromatic N) is 1. The molecule has 98 valence electrons. The fraction of sp³-hybridized carbons (Fsp3) is 0.0769.